The highest BCUT2D eigenvalue weighted by Crippen LogP contribution is 2.19. The molecule has 3 nitrogen and oxygen atoms in total. The fourth-order valence-electron chi connectivity index (χ4n) is 1.75. The van der Waals surface area contributed by atoms with Crippen molar-refractivity contribution in [2.24, 2.45) is 10.9 Å². The first-order valence-electron chi connectivity index (χ1n) is 6.14. The summed E-state index contributed by atoms with van der Waals surface area (Å²) in [6.45, 7) is 7.69. The lowest BCUT2D eigenvalue weighted by atomic mass is 10.1. The number of nitrogens with zero attached hydrogens (tertiary/aromatic N) is 1. The monoisotopic (exact) mass is 233 g/mol. The highest BCUT2D eigenvalue weighted by Gasteiger charge is 2.22. The van der Waals surface area contributed by atoms with Crippen molar-refractivity contribution < 1.29 is 9.47 Å². The second-order valence-corrected chi connectivity index (χ2v) is 4.51. The summed E-state index contributed by atoms with van der Waals surface area (Å²) in [7, 11) is 0. The molecule has 0 aromatic heterocycles. The number of hydrogen-bond acceptors (Lipinski definition) is 3. The van der Waals surface area contributed by atoms with Crippen LogP contribution in [-0.2, 0) is 4.74 Å². The van der Waals surface area contributed by atoms with Crippen LogP contribution in [0.4, 0.5) is 0 Å². The zero-order valence-electron chi connectivity index (χ0n) is 10.6. The minimum absolute atomic E-state index is 0.288. The molecule has 0 spiro atoms. The number of rotatable bonds is 4. The molecular weight excluding hydrogens is 214 g/mol. The zero-order chi connectivity index (χ0) is 12.3. The van der Waals surface area contributed by atoms with Crippen LogP contribution in [0.15, 0.2) is 29.3 Å². The summed E-state index contributed by atoms with van der Waals surface area (Å²) in [6.07, 6.45) is 0. The summed E-state index contributed by atoms with van der Waals surface area (Å²) in [5.74, 6) is 2.16. The summed E-state index contributed by atoms with van der Waals surface area (Å²) in [5.41, 5.74) is 1.02. The van der Waals surface area contributed by atoms with Gasteiger partial charge in [-0.25, -0.2) is 4.99 Å². The van der Waals surface area contributed by atoms with E-state index < -0.39 is 0 Å². The minimum atomic E-state index is 0.288. The fraction of sp³-hybridized carbons (Fsp3) is 0.500. The molecule has 1 atom stereocenters. The minimum Gasteiger partial charge on any atom is -0.494 e. The third kappa shape index (κ3) is 2.78. The third-order valence-corrected chi connectivity index (χ3v) is 2.86. The van der Waals surface area contributed by atoms with Crippen molar-refractivity contribution in [3.63, 3.8) is 0 Å². The van der Waals surface area contributed by atoms with Crippen LogP contribution < -0.4 is 4.74 Å². The van der Waals surface area contributed by atoms with Crippen LogP contribution in [0.2, 0.25) is 0 Å². The van der Waals surface area contributed by atoms with Gasteiger partial charge in [-0.15, -0.1) is 0 Å². The lowest BCUT2D eigenvalue weighted by molar-refractivity contribution is 0.292. The first-order valence-corrected chi connectivity index (χ1v) is 6.14. The van der Waals surface area contributed by atoms with Gasteiger partial charge in [0.25, 0.3) is 0 Å². The first kappa shape index (κ1) is 12.0. The molecule has 92 valence electrons. The summed E-state index contributed by atoms with van der Waals surface area (Å²) in [5, 5.41) is 0. The molecule has 0 saturated heterocycles. The van der Waals surface area contributed by atoms with Gasteiger partial charge in [0.2, 0.25) is 5.90 Å². The molecule has 1 aliphatic rings. The molecule has 17 heavy (non-hydrogen) atoms. The SMILES string of the molecule is CCOc1ccc(C2=NC(C(C)C)CO2)cc1. The molecule has 0 fully saturated rings. The molecule has 0 saturated carbocycles. The summed E-state index contributed by atoms with van der Waals surface area (Å²) < 4.78 is 11.0. The molecule has 0 amide bonds. The van der Waals surface area contributed by atoms with E-state index in [1.54, 1.807) is 0 Å². The number of aliphatic imine (C=N–C) groups is 1. The first-order chi connectivity index (χ1) is 8.20. The molecule has 3 heteroatoms. The highest BCUT2D eigenvalue weighted by atomic mass is 16.5. The van der Waals surface area contributed by atoms with Gasteiger partial charge in [-0.1, -0.05) is 13.8 Å². The summed E-state index contributed by atoms with van der Waals surface area (Å²) in [6, 6.07) is 8.18. The number of hydrogen-bond donors (Lipinski definition) is 0. The molecule has 0 N–H and O–H groups in total. The van der Waals surface area contributed by atoms with Crippen molar-refractivity contribution in [2.45, 2.75) is 26.8 Å². The van der Waals surface area contributed by atoms with Crippen molar-refractivity contribution in [3.05, 3.63) is 29.8 Å². The van der Waals surface area contributed by atoms with Gasteiger partial charge < -0.3 is 9.47 Å². The second kappa shape index (κ2) is 5.21. The molecule has 0 aliphatic carbocycles. The second-order valence-electron chi connectivity index (χ2n) is 4.51. The van der Waals surface area contributed by atoms with Crippen LogP contribution in [0.25, 0.3) is 0 Å². The zero-order valence-corrected chi connectivity index (χ0v) is 10.6. The van der Waals surface area contributed by atoms with Crippen LogP contribution in [0.5, 0.6) is 5.75 Å². The standard InChI is InChI=1S/C14H19NO2/c1-4-16-12-7-5-11(6-8-12)14-15-13(9-17-14)10(2)3/h5-8,10,13H,4,9H2,1-3H3. The predicted molar refractivity (Wildman–Crippen MR) is 68.7 cm³/mol. The molecular formula is C14H19NO2. The van der Waals surface area contributed by atoms with E-state index in [2.05, 4.69) is 18.8 Å². The van der Waals surface area contributed by atoms with Crippen LogP contribution in [0.1, 0.15) is 26.3 Å². The Morgan fingerprint density at radius 3 is 2.59 bits per heavy atom. The van der Waals surface area contributed by atoms with E-state index in [0.29, 0.717) is 19.1 Å². The lowest BCUT2D eigenvalue weighted by Gasteiger charge is -2.06. The van der Waals surface area contributed by atoms with Gasteiger partial charge in [0.15, 0.2) is 0 Å². The summed E-state index contributed by atoms with van der Waals surface area (Å²) >= 11 is 0. The molecule has 1 aliphatic heterocycles. The average Bonchev–Trinajstić information content (AvgIpc) is 2.80. The van der Waals surface area contributed by atoms with Crippen molar-refractivity contribution in [1.29, 1.82) is 0 Å². The highest BCUT2D eigenvalue weighted by molar-refractivity contribution is 5.95. The van der Waals surface area contributed by atoms with Crippen molar-refractivity contribution in [1.82, 2.24) is 0 Å². The van der Waals surface area contributed by atoms with Crippen LogP contribution in [-0.4, -0.2) is 25.2 Å². The Hall–Kier alpha value is -1.51. The molecule has 1 aromatic carbocycles. The van der Waals surface area contributed by atoms with Crippen LogP contribution in [0, 0.1) is 5.92 Å². The van der Waals surface area contributed by atoms with E-state index in [9.17, 15) is 0 Å². The Bertz CT molecular complexity index is 395. The quantitative estimate of drug-likeness (QED) is 0.800. The van der Waals surface area contributed by atoms with E-state index in [1.165, 1.54) is 0 Å². The van der Waals surface area contributed by atoms with Gasteiger partial charge in [-0.2, -0.15) is 0 Å². The van der Waals surface area contributed by atoms with E-state index in [0.717, 1.165) is 17.2 Å². The normalized spacial score (nSPS) is 19.1. The Morgan fingerprint density at radius 1 is 1.35 bits per heavy atom. The molecule has 1 unspecified atom stereocenters. The Kier molecular flexibility index (Phi) is 3.67. The summed E-state index contributed by atoms with van der Waals surface area (Å²) in [4.78, 5) is 4.59. The van der Waals surface area contributed by atoms with Gasteiger partial charge in [0, 0.05) is 5.56 Å². The fourth-order valence-corrected chi connectivity index (χ4v) is 1.75. The predicted octanol–water partition coefficient (Wildman–Crippen LogP) is 2.89. The molecule has 2 rings (SSSR count). The third-order valence-electron chi connectivity index (χ3n) is 2.86. The van der Waals surface area contributed by atoms with Gasteiger partial charge in [-0.05, 0) is 37.1 Å². The van der Waals surface area contributed by atoms with E-state index in [1.807, 2.05) is 31.2 Å². The topological polar surface area (TPSA) is 30.8 Å². The van der Waals surface area contributed by atoms with E-state index in [-0.39, 0.29) is 6.04 Å². The largest absolute Gasteiger partial charge is 0.494 e. The van der Waals surface area contributed by atoms with Gasteiger partial charge in [0.05, 0.1) is 12.6 Å². The van der Waals surface area contributed by atoms with Gasteiger partial charge >= 0.3 is 0 Å². The van der Waals surface area contributed by atoms with Crippen LogP contribution >= 0.6 is 0 Å². The Labute approximate surface area is 102 Å². The smallest absolute Gasteiger partial charge is 0.216 e. The van der Waals surface area contributed by atoms with Crippen molar-refractivity contribution >= 4 is 5.90 Å². The average molecular weight is 233 g/mol. The maximum Gasteiger partial charge on any atom is 0.216 e. The van der Waals surface area contributed by atoms with Crippen molar-refractivity contribution in [2.75, 3.05) is 13.2 Å². The molecule has 0 radical (unpaired) electrons. The number of ether oxygens (including phenoxy) is 2. The van der Waals surface area contributed by atoms with Gasteiger partial charge in [-0.3, -0.25) is 0 Å². The Balaban J connectivity index is 2.10. The number of benzene rings is 1. The maximum absolute atomic E-state index is 5.62. The Morgan fingerprint density at radius 2 is 2.06 bits per heavy atom. The maximum atomic E-state index is 5.62. The van der Waals surface area contributed by atoms with E-state index in [4.69, 9.17) is 9.47 Å². The molecule has 1 heterocycles. The molecule has 1 aromatic rings. The lowest BCUT2D eigenvalue weighted by Crippen LogP contribution is -2.13. The van der Waals surface area contributed by atoms with Gasteiger partial charge in [0.1, 0.15) is 12.4 Å². The van der Waals surface area contributed by atoms with E-state index >= 15 is 0 Å². The van der Waals surface area contributed by atoms with Crippen LogP contribution in [0.3, 0.4) is 0 Å². The molecule has 0 bridgehead atoms. The van der Waals surface area contributed by atoms with Crippen molar-refractivity contribution in [3.8, 4) is 5.75 Å².